The van der Waals surface area contributed by atoms with Gasteiger partial charge in [0.2, 0.25) is 0 Å². The number of hydrogen-bond donors (Lipinski definition) is 1. The summed E-state index contributed by atoms with van der Waals surface area (Å²) in [4.78, 5) is 10.5. The molecule has 2 aromatic heterocycles. The molecule has 1 N–H and O–H groups in total. The zero-order chi connectivity index (χ0) is 14.5. The van der Waals surface area contributed by atoms with Gasteiger partial charge in [0.15, 0.2) is 5.82 Å². The van der Waals surface area contributed by atoms with Crippen LogP contribution in [0.25, 0.3) is 10.7 Å². The minimum atomic E-state index is 0.689. The van der Waals surface area contributed by atoms with Gasteiger partial charge in [-0.25, -0.2) is 9.97 Å². The Kier molecular flexibility index (Phi) is 5.26. The highest BCUT2D eigenvalue weighted by Gasteiger charge is 2.10. The molecule has 0 aliphatic carbocycles. The molecule has 0 atom stereocenters. The molecule has 0 aromatic carbocycles. The fraction of sp³-hybridized carbons (Fsp3) is 0.500. The minimum Gasteiger partial charge on any atom is -0.316 e. The quantitative estimate of drug-likeness (QED) is 0.826. The molecule has 2 rings (SSSR count). The van der Waals surface area contributed by atoms with Gasteiger partial charge < -0.3 is 5.32 Å². The van der Waals surface area contributed by atoms with Gasteiger partial charge in [0.05, 0.1) is 4.88 Å². The molecule has 0 amide bonds. The van der Waals surface area contributed by atoms with Crippen molar-refractivity contribution in [3.8, 4) is 10.7 Å². The molecule has 4 heteroatoms. The lowest BCUT2D eigenvalue weighted by Gasteiger charge is -2.12. The van der Waals surface area contributed by atoms with E-state index in [1.165, 1.54) is 5.56 Å². The third-order valence-corrected chi connectivity index (χ3v) is 4.13. The average Bonchev–Trinajstić information content (AvgIpc) is 2.90. The smallest absolute Gasteiger partial charge is 0.169 e. The van der Waals surface area contributed by atoms with Crippen LogP contribution in [0.4, 0.5) is 0 Å². The first-order valence-electron chi connectivity index (χ1n) is 7.16. The molecule has 2 aromatic rings. The van der Waals surface area contributed by atoms with Crippen LogP contribution < -0.4 is 5.32 Å². The molecule has 108 valence electrons. The number of aromatic nitrogens is 2. The van der Waals surface area contributed by atoms with Crippen molar-refractivity contribution in [3.05, 3.63) is 34.5 Å². The lowest BCUT2D eigenvalue weighted by atomic mass is 10.1. The Bertz CT molecular complexity index is 524. The summed E-state index contributed by atoms with van der Waals surface area (Å²) >= 11 is 1.69. The Morgan fingerprint density at radius 1 is 1.20 bits per heavy atom. The standard InChI is InChI=1S/C16H23N3S/c1-11(2)10-17-8-7-14-12(3)18-16(19-13(14)4)15-6-5-9-20-15/h5-6,9,11,17H,7-8,10H2,1-4H3. The van der Waals surface area contributed by atoms with E-state index in [4.69, 9.17) is 0 Å². The van der Waals surface area contributed by atoms with E-state index in [0.29, 0.717) is 5.92 Å². The summed E-state index contributed by atoms with van der Waals surface area (Å²) in [7, 11) is 0. The van der Waals surface area contributed by atoms with E-state index >= 15 is 0 Å². The zero-order valence-electron chi connectivity index (χ0n) is 12.7. The summed E-state index contributed by atoms with van der Waals surface area (Å²) in [5.74, 6) is 1.54. The minimum absolute atomic E-state index is 0.689. The summed E-state index contributed by atoms with van der Waals surface area (Å²) in [6.07, 6.45) is 0.995. The Morgan fingerprint density at radius 2 is 1.90 bits per heavy atom. The Hall–Kier alpha value is -1.26. The second kappa shape index (κ2) is 6.95. The van der Waals surface area contributed by atoms with E-state index < -0.39 is 0 Å². The molecule has 0 fully saturated rings. The second-order valence-corrected chi connectivity index (χ2v) is 6.47. The highest BCUT2D eigenvalue weighted by molar-refractivity contribution is 7.13. The van der Waals surface area contributed by atoms with Crippen LogP contribution in [0.3, 0.4) is 0 Å². The summed E-state index contributed by atoms with van der Waals surface area (Å²) in [5.41, 5.74) is 3.49. The van der Waals surface area contributed by atoms with E-state index in [0.717, 1.165) is 41.6 Å². The van der Waals surface area contributed by atoms with Gasteiger partial charge >= 0.3 is 0 Å². The number of rotatable bonds is 6. The third-order valence-electron chi connectivity index (χ3n) is 3.27. The largest absolute Gasteiger partial charge is 0.316 e. The molecule has 0 aliphatic rings. The first-order chi connectivity index (χ1) is 9.58. The van der Waals surface area contributed by atoms with Gasteiger partial charge in [0.1, 0.15) is 0 Å². The van der Waals surface area contributed by atoms with E-state index in [1.807, 2.05) is 6.07 Å². The van der Waals surface area contributed by atoms with Crippen molar-refractivity contribution >= 4 is 11.3 Å². The highest BCUT2D eigenvalue weighted by atomic mass is 32.1. The van der Waals surface area contributed by atoms with Crippen LogP contribution in [0.5, 0.6) is 0 Å². The maximum atomic E-state index is 4.66. The van der Waals surface area contributed by atoms with Crippen LogP contribution in [0.15, 0.2) is 17.5 Å². The SMILES string of the molecule is Cc1nc(-c2cccs2)nc(C)c1CCNCC(C)C. The van der Waals surface area contributed by atoms with Gasteiger partial charge in [0, 0.05) is 11.4 Å². The monoisotopic (exact) mass is 289 g/mol. The van der Waals surface area contributed by atoms with E-state index in [2.05, 4.69) is 54.4 Å². The number of hydrogen-bond acceptors (Lipinski definition) is 4. The van der Waals surface area contributed by atoms with Crippen LogP contribution in [-0.4, -0.2) is 23.1 Å². The molecule has 0 saturated carbocycles. The topological polar surface area (TPSA) is 37.8 Å². The lowest BCUT2D eigenvalue weighted by Crippen LogP contribution is -2.23. The van der Waals surface area contributed by atoms with Gasteiger partial charge in [0.25, 0.3) is 0 Å². The van der Waals surface area contributed by atoms with Crippen molar-refractivity contribution in [1.82, 2.24) is 15.3 Å². The summed E-state index contributed by atoms with van der Waals surface area (Å²) < 4.78 is 0. The van der Waals surface area contributed by atoms with Crippen molar-refractivity contribution in [3.63, 3.8) is 0 Å². The average molecular weight is 289 g/mol. The molecule has 0 saturated heterocycles. The zero-order valence-corrected chi connectivity index (χ0v) is 13.5. The molecule has 0 aliphatic heterocycles. The molecule has 2 heterocycles. The molecular weight excluding hydrogens is 266 g/mol. The van der Waals surface area contributed by atoms with Gasteiger partial charge in [-0.3, -0.25) is 0 Å². The molecule has 0 bridgehead atoms. The molecular formula is C16H23N3S. The fourth-order valence-corrected chi connectivity index (χ4v) is 2.88. The highest BCUT2D eigenvalue weighted by Crippen LogP contribution is 2.23. The van der Waals surface area contributed by atoms with Crippen LogP contribution in [-0.2, 0) is 6.42 Å². The fourth-order valence-electron chi connectivity index (χ4n) is 2.22. The van der Waals surface area contributed by atoms with Crippen LogP contribution in [0.2, 0.25) is 0 Å². The van der Waals surface area contributed by atoms with Crippen molar-refractivity contribution < 1.29 is 0 Å². The molecule has 0 radical (unpaired) electrons. The van der Waals surface area contributed by atoms with E-state index in [1.54, 1.807) is 11.3 Å². The van der Waals surface area contributed by atoms with Crippen LogP contribution in [0.1, 0.15) is 30.8 Å². The Balaban J connectivity index is 2.07. The molecule has 0 unspecified atom stereocenters. The first-order valence-corrected chi connectivity index (χ1v) is 8.04. The summed E-state index contributed by atoms with van der Waals surface area (Å²) in [5, 5.41) is 5.54. The van der Waals surface area contributed by atoms with Gasteiger partial charge in [-0.05, 0) is 56.3 Å². The Morgan fingerprint density at radius 3 is 2.45 bits per heavy atom. The number of nitrogens with zero attached hydrogens (tertiary/aromatic N) is 2. The Labute approximate surface area is 125 Å². The third kappa shape index (κ3) is 3.87. The summed E-state index contributed by atoms with van der Waals surface area (Å²) in [6.45, 7) is 10.7. The van der Waals surface area contributed by atoms with Crippen molar-refractivity contribution in [2.24, 2.45) is 5.92 Å². The number of nitrogens with one attached hydrogen (secondary N) is 1. The van der Waals surface area contributed by atoms with Gasteiger partial charge in [-0.2, -0.15) is 0 Å². The number of aryl methyl sites for hydroxylation is 2. The van der Waals surface area contributed by atoms with Crippen molar-refractivity contribution in [2.75, 3.05) is 13.1 Å². The lowest BCUT2D eigenvalue weighted by molar-refractivity contribution is 0.553. The van der Waals surface area contributed by atoms with Gasteiger partial charge in [-0.15, -0.1) is 11.3 Å². The van der Waals surface area contributed by atoms with E-state index in [9.17, 15) is 0 Å². The molecule has 0 spiro atoms. The van der Waals surface area contributed by atoms with Crippen molar-refractivity contribution in [2.45, 2.75) is 34.1 Å². The molecule has 20 heavy (non-hydrogen) atoms. The normalized spacial score (nSPS) is 11.2. The number of thiophene rings is 1. The van der Waals surface area contributed by atoms with Gasteiger partial charge in [-0.1, -0.05) is 19.9 Å². The predicted octanol–water partition coefficient (Wildman–Crippen LogP) is 3.61. The summed E-state index contributed by atoms with van der Waals surface area (Å²) in [6, 6.07) is 4.11. The van der Waals surface area contributed by atoms with Crippen molar-refractivity contribution in [1.29, 1.82) is 0 Å². The second-order valence-electron chi connectivity index (χ2n) is 5.52. The maximum Gasteiger partial charge on any atom is 0.169 e. The maximum absolute atomic E-state index is 4.66. The predicted molar refractivity (Wildman–Crippen MR) is 86.2 cm³/mol. The van der Waals surface area contributed by atoms with Crippen LogP contribution >= 0.6 is 11.3 Å². The van der Waals surface area contributed by atoms with Crippen LogP contribution in [0, 0.1) is 19.8 Å². The first kappa shape index (κ1) is 15.1. The molecule has 3 nitrogen and oxygen atoms in total. The van der Waals surface area contributed by atoms with E-state index in [-0.39, 0.29) is 0 Å².